The first-order valence-electron chi connectivity index (χ1n) is 6.12. The van der Waals surface area contributed by atoms with Crippen molar-refractivity contribution in [1.29, 1.82) is 0 Å². The fourth-order valence-electron chi connectivity index (χ4n) is 1.53. The first-order chi connectivity index (χ1) is 8.26. The highest BCUT2D eigenvalue weighted by Gasteiger charge is 2.00. The Morgan fingerprint density at radius 2 is 2.12 bits per heavy atom. The molecule has 1 rings (SSSR count). The molecule has 1 aromatic rings. The third-order valence-electron chi connectivity index (χ3n) is 2.44. The van der Waals surface area contributed by atoms with Crippen LogP contribution in [0.25, 0.3) is 0 Å². The smallest absolute Gasteiger partial charge is 0.132 e. The number of hydrogen-bond acceptors (Lipinski definition) is 5. The lowest BCUT2D eigenvalue weighted by molar-refractivity contribution is 0.192. The molecule has 0 aliphatic carbocycles. The van der Waals surface area contributed by atoms with Crippen molar-refractivity contribution in [3.05, 3.63) is 11.9 Å². The van der Waals surface area contributed by atoms with Gasteiger partial charge in [-0.15, -0.1) is 0 Å². The quantitative estimate of drug-likeness (QED) is 0.676. The van der Waals surface area contributed by atoms with Crippen molar-refractivity contribution in [3.63, 3.8) is 0 Å². The number of ether oxygens (including phenoxy) is 1. The minimum Gasteiger partial charge on any atom is -0.385 e. The van der Waals surface area contributed by atoms with Gasteiger partial charge in [-0.25, -0.2) is 9.97 Å². The Balaban J connectivity index is 2.28. The summed E-state index contributed by atoms with van der Waals surface area (Å²) in [6.45, 7) is 3.76. The molecule has 0 fully saturated rings. The molecule has 0 saturated carbocycles. The standard InChI is InChI=1S/C12H22N4O/c1-3-11-15-10(13)9-12(16-11)14-7-5-4-6-8-17-2/h9H,3-8H2,1-2H3,(H3,13,14,15,16). The maximum Gasteiger partial charge on any atom is 0.132 e. The number of nitrogens with zero attached hydrogens (tertiary/aromatic N) is 2. The molecule has 1 aromatic heterocycles. The lowest BCUT2D eigenvalue weighted by atomic mass is 10.2. The number of nitrogens with one attached hydrogen (secondary N) is 1. The van der Waals surface area contributed by atoms with Gasteiger partial charge in [0.2, 0.25) is 0 Å². The third kappa shape index (κ3) is 5.49. The largest absolute Gasteiger partial charge is 0.385 e. The van der Waals surface area contributed by atoms with Crippen molar-refractivity contribution in [1.82, 2.24) is 9.97 Å². The van der Waals surface area contributed by atoms with Crippen LogP contribution in [0.2, 0.25) is 0 Å². The van der Waals surface area contributed by atoms with Crippen LogP contribution >= 0.6 is 0 Å². The third-order valence-corrected chi connectivity index (χ3v) is 2.44. The second-order valence-corrected chi connectivity index (χ2v) is 3.93. The molecular weight excluding hydrogens is 216 g/mol. The highest BCUT2D eigenvalue weighted by molar-refractivity contribution is 5.44. The molecule has 0 saturated heterocycles. The normalized spacial score (nSPS) is 10.5. The summed E-state index contributed by atoms with van der Waals surface area (Å²) in [6.07, 6.45) is 4.16. The molecule has 0 aliphatic rings. The summed E-state index contributed by atoms with van der Waals surface area (Å²) >= 11 is 0. The van der Waals surface area contributed by atoms with Gasteiger partial charge in [0.1, 0.15) is 17.5 Å². The maximum absolute atomic E-state index is 5.70. The fraction of sp³-hybridized carbons (Fsp3) is 0.667. The van der Waals surface area contributed by atoms with E-state index in [4.69, 9.17) is 10.5 Å². The zero-order valence-corrected chi connectivity index (χ0v) is 10.7. The molecule has 0 amide bonds. The van der Waals surface area contributed by atoms with Gasteiger partial charge in [0.25, 0.3) is 0 Å². The van der Waals surface area contributed by atoms with Gasteiger partial charge in [-0.05, 0) is 19.3 Å². The van der Waals surface area contributed by atoms with Gasteiger partial charge in [-0.2, -0.15) is 0 Å². The summed E-state index contributed by atoms with van der Waals surface area (Å²) in [6, 6.07) is 1.77. The van der Waals surface area contributed by atoms with Crippen LogP contribution in [-0.2, 0) is 11.2 Å². The second kappa shape index (κ2) is 7.84. The topological polar surface area (TPSA) is 73.1 Å². The summed E-state index contributed by atoms with van der Waals surface area (Å²) in [4.78, 5) is 8.49. The van der Waals surface area contributed by atoms with Crippen molar-refractivity contribution < 1.29 is 4.74 Å². The van der Waals surface area contributed by atoms with Gasteiger partial charge in [-0.1, -0.05) is 6.92 Å². The van der Waals surface area contributed by atoms with E-state index in [1.54, 1.807) is 13.2 Å². The van der Waals surface area contributed by atoms with E-state index in [9.17, 15) is 0 Å². The van der Waals surface area contributed by atoms with Crippen molar-refractivity contribution in [3.8, 4) is 0 Å². The number of unbranched alkanes of at least 4 members (excludes halogenated alkanes) is 2. The van der Waals surface area contributed by atoms with E-state index in [0.717, 1.165) is 50.5 Å². The predicted octanol–water partition coefficient (Wildman–Crippen LogP) is 1.85. The molecule has 0 bridgehead atoms. The molecule has 0 aliphatic heterocycles. The number of aromatic nitrogens is 2. The molecule has 1 heterocycles. The fourth-order valence-corrected chi connectivity index (χ4v) is 1.53. The molecule has 5 heteroatoms. The maximum atomic E-state index is 5.70. The van der Waals surface area contributed by atoms with Gasteiger partial charge in [0.05, 0.1) is 0 Å². The number of methoxy groups -OCH3 is 1. The highest BCUT2D eigenvalue weighted by Crippen LogP contribution is 2.09. The zero-order chi connectivity index (χ0) is 12.5. The molecule has 5 nitrogen and oxygen atoms in total. The summed E-state index contributed by atoms with van der Waals surface area (Å²) in [5.41, 5.74) is 5.70. The van der Waals surface area contributed by atoms with Crippen molar-refractivity contribution >= 4 is 11.6 Å². The summed E-state index contributed by atoms with van der Waals surface area (Å²) < 4.78 is 5.00. The Kier molecular flexibility index (Phi) is 6.32. The van der Waals surface area contributed by atoms with E-state index >= 15 is 0 Å². The molecule has 0 spiro atoms. The molecule has 96 valence electrons. The Bertz CT molecular complexity index is 330. The zero-order valence-electron chi connectivity index (χ0n) is 10.7. The van der Waals surface area contributed by atoms with Crippen molar-refractivity contribution in [2.75, 3.05) is 31.3 Å². The molecule has 0 atom stereocenters. The Labute approximate surface area is 103 Å². The van der Waals surface area contributed by atoms with E-state index in [0.29, 0.717) is 5.82 Å². The lowest BCUT2D eigenvalue weighted by Crippen LogP contribution is -2.07. The lowest BCUT2D eigenvalue weighted by Gasteiger charge is -2.07. The van der Waals surface area contributed by atoms with Crippen LogP contribution < -0.4 is 11.1 Å². The second-order valence-electron chi connectivity index (χ2n) is 3.93. The van der Waals surface area contributed by atoms with Crippen LogP contribution in [0.15, 0.2) is 6.07 Å². The van der Waals surface area contributed by atoms with Gasteiger partial charge in [0, 0.05) is 32.7 Å². The van der Waals surface area contributed by atoms with E-state index < -0.39 is 0 Å². The SMILES string of the molecule is CCc1nc(N)cc(NCCCCCOC)n1. The molecule has 17 heavy (non-hydrogen) atoms. The number of aryl methyl sites for hydroxylation is 1. The van der Waals surface area contributed by atoms with Crippen LogP contribution in [0, 0.1) is 0 Å². The molecule has 0 aromatic carbocycles. The van der Waals surface area contributed by atoms with E-state index in [2.05, 4.69) is 15.3 Å². The van der Waals surface area contributed by atoms with Crippen LogP contribution in [0.5, 0.6) is 0 Å². The van der Waals surface area contributed by atoms with Gasteiger partial charge >= 0.3 is 0 Å². The molecule has 0 unspecified atom stereocenters. The van der Waals surface area contributed by atoms with Crippen molar-refractivity contribution in [2.45, 2.75) is 32.6 Å². The van der Waals surface area contributed by atoms with Crippen LogP contribution in [0.4, 0.5) is 11.6 Å². The first kappa shape index (κ1) is 13.7. The van der Waals surface area contributed by atoms with E-state index in [-0.39, 0.29) is 0 Å². The Hall–Kier alpha value is -1.36. The number of nitrogen functional groups attached to an aromatic ring is 1. The van der Waals surface area contributed by atoms with Crippen LogP contribution in [0.1, 0.15) is 32.0 Å². The summed E-state index contributed by atoms with van der Waals surface area (Å²) in [7, 11) is 1.73. The minimum atomic E-state index is 0.527. The monoisotopic (exact) mass is 238 g/mol. The summed E-state index contributed by atoms with van der Waals surface area (Å²) in [5.74, 6) is 2.13. The average Bonchev–Trinajstić information content (AvgIpc) is 2.33. The minimum absolute atomic E-state index is 0.527. The average molecular weight is 238 g/mol. The predicted molar refractivity (Wildman–Crippen MR) is 70.0 cm³/mol. The van der Waals surface area contributed by atoms with E-state index in [1.807, 2.05) is 6.92 Å². The molecule has 3 N–H and O–H groups in total. The Morgan fingerprint density at radius 3 is 2.82 bits per heavy atom. The first-order valence-corrected chi connectivity index (χ1v) is 6.12. The highest BCUT2D eigenvalue weighted by atomic mass is 16.5. The van der Waals surface area contributed by atoms with E-state index in [1.165, 1.54) is 0 Å². The van der Waals surface area contributed by atoms with Crippen molar-refractivity contribution in [2.24, 2.45) is 0 Å². The molecule has 0 radical (unpaired) electrons. The van der Waals surface area contributed by atoms with Crippen LogP contribution in [-0.4, -0.2) is 30.2 Å². The van der Waals surface area contributed by atoms with Gasteiger partial charge in [0.15, 0.2) is 0 Å². The number of hydrogen-bond donors (Lipinski definition) is 2. The van der Waals surface area contributed by atoms with Crippen LogP contribution in [0.3, 0.4) is 0 Å². The number of anilines is 2. The van der Waals surface area contributed by atoms with Gasteiger partial charge < -0.3 is 15.8 Å². The number of rotatable bonds is 8. The Morgan fingerprint density at radius 1 is 1.29 bits per heavy atom. The number of nitrogens with two attached hydrogens (primary N) is 1. The van der Waals surface area contributed by atoms with Gasteiger partial charge in [-0.3, -0.25) is 0 Å². The molecular formula is C12H22N4O. The summed E-state index contributed by atoms with van der Waals surface area (Å²) in [5, 5.41) is 3.27.